The summed E-state index contributed by atoms with van der Waals surface area (Å²) < 4.78 is 0. The average molecular weight is 259 g/mol. The van der Waals surface area contributed by atoms with Gasteiger partial charge in [-0.15, -0.1) is 12.4 Å². The van der Waals surface area contributed by atoms with Crippen LogP contribution in [0.3, 0.4) is 0 Å². The van der Waals surface area contributed by atoms with Crippen LogP contribution in [0.4, 0.5) is 5.69 Å². The molecule has 2 heterocycles. The van der Waals surface area contributed by atoms with Gasteiger partial charge in [-0.2, -0.15) is 0 Å². The Bertz CT molecular complexity index is 406. The molecule has 2 nitrogen and oxygen atoms in total. The molecule has 0 saturated carbocycles. The number of halogens is 2. The summed E-state index contributed by atoms with van der Waals surface area (Å²) in [4.78, 5) is 2.29. The van der Waals surface area contributed by atoms with Crippen molar-refractivity contribution in [3.63, 3.8) is 0 Å². The van der Waals surface area contributed by atoms with Crippen LogP contribution in [0.15, 0.2) is 12.1 Å². The molecule has 2 aliphatic heterocycles. The van der Waals surface area contributed by atoms with Gasteiger partial charge in [-0.25, -0.2) is 0 Å². The number of benzene rings is 1. The molecule has 1 aromatic carbocycles. The lowest BCUT2D eigenvalue weighted by atomic mass is 9.95. The molecule has 0 unspecified atom stereocenters. The van der Waals surface area contributed by atoms with Gasteiger partial charge >= 0.3 is 0 Å². The highest BCUT2D eigenvalue weighted by atomic mass is 35.5. The van der Waals surface area contributed by atoms with Gasteiger partial charge in [0.1, 0.15) is 0 Å². The Balaban J connectivity index is 0.000000963. The smallest absolute Gasteiger partial charge is 0.0642 e. The molecule has 0 fully saturated rings. The van der Waals surface area contributed by atoms with Gasteiger partial charge in [0.15, 0.2) is 0 Å². The van der Waals surface area contributed by atoms with Crippen LogP contribution in [0.2, 0.25) is 5.02 Å². The van der Waals surface area contributed by atoms with Crippen LogP contribution < -0.4 is 10.2 Å². The van der Waals surface area contributed by atoms with E-state index in [1.54, 1.807) is 0 Å². The lowest BCUT2D eigenvalue weighted by Crippen LogP contribution is -2.24. The first-order valence-corrected chi connectivity index (χ1v) is 5.88. The Morgan fingerprint density at radius 1 is 1.44 bits per heavy atom. The molecule has 0 aliphatic carbocycles. The molecule has 16 heavy (non-hydrogen) atoms. The summed E-state index contributed by atoms with van der Waals surface area (Å²) in [6, 6.07) is 4.24. The average Bonchev–Trinajstić information content (AvgIpc) is 2.43. The Hall–Kier alpha value is -0.440. The van der Waals surface area contributed by atoms with Gasteiger partial charge in [0.2, 0.25) is 0 Å². The van der Waals surface area contributed by atoms with Gasteiger partial charge in [-0.3, -0.25) is 0 Å². The summed E-state index contributed by atoms with van der Waals surface area (Å²) in [5.41, 5.74) is 4.24. The maximum atomic E-state index is 6.27. The van der Waals surface area contributed by atoms with Crippen molar-refractivity contribution < 1.29 is 0 Å². The second-order valence-corrected chi connectivity index (χ2v) is 4.91. The van der Waals surface area contributed by atoms with E-state index in [4.69, 9.17) is 11.6 Å². The number of nitrogens with zero attached hydrogens (tertiary/aromatic N) is 1. The topological polar surface area (TPSA) is 15.3 Å². The highest BCUT2D eigenvalue weighted by molar-refractivity contribution is 6.33. The fraction of sp³-hybridized carbons (Fsp3) is 0.500. The van der Waals surface area contributed by atoms with E-state index in [0.29, 0.717) is 5.92 Å². The molecule has 1 atom stereocenters. The van der Waals surface area contributed by atoms with Crippen molar-refractivity contribution in [2.75, 3.05) is 31.6 Å². The fourth-order valence-corrected chi connectivity index (χ4v) is 3.17. The van der Waals surface area contributed by atoms with Gasteiger partial charge in [-0.05, 0) is 30.2 Å². The van der Waals surface area contributed by atoms with Crippen LogP contribution in [0.25, 0.3) is 0 Å². The summed E-state index contributed by atoms with van der Waals surface area (Å²) in [7, 11) is 2.14. The number of anilines is 1. The predicted molar refractivity (Wildman–Crippen MR) is 71.3 cm³/mol. The minimum Gasteiger partial charge on any atom is -0.372 e. The summed E-state index contributed by atoms with van der Waals surface area (Å²) in [6.07, 6.45) is 1.13. The first-order chi connectivity index (χ1) is 7.27. The molecule has 0 spiro atoms. The fourth-order valence-electron chi connectivity index (χ4n) is 2.86. The molecule has 1 N–H and O–H groups in total. The van der Waals surface area contributed by atoms with E-state index >= 15 is 0 Å². The van der Waals surface area contributed by atoms with Crippen molar-refractivity contribution >= 4 is 29.7 Å². The number of hydrogen-bond donors (Lipinski definition) is 1. The molecule has 88 valence electrons. The van der Waals surface area contributed by atoms with E-state index in [9.17, 15) is 0 Å². The third-order valence-corrected chi connectivity index (χ3v) is 3.81. The number of nitrogens with one attached hydrogen (secondary N) is 1. The zero-order valence-electron chi connectivity index (χ0n) is 9.29. The number of likely N-dealkylation sites (N-methyl/N-ethyl adjacent to an activating group) is 1. The molecule has 0 bridgehead atoms. The molecule has 0 amide bonds. The maximum Gasteiger partial charge on any atom is 0.0642 e. The van der Waals surface area contributed by atoms with Crippen molar-refractivity contribution in [1.29, 1.82) is 0 Å². The van der Waals surface area contributed by atoms with Crippen LogP contribution >= 0.6 is 24.0 Å². The first kappa shape index (κ1) is 12.0. The molecular weight excluding hydrogens is 243 g/mol. The third-order valence-electron chi connectivity index (χ3n) is 3.50. The van der Waals surface area contributed by atoms with Crippen LogP contribution in [-0.4, -0.2) is 26.7 Å². The lowest BCUT2D eigenvalue weighted by Gasteiger charge is -2.15. The summed E-state index contributed by atoms with van der Waals surface area (Å²) in [6.45, 7) is 3.28. The molecule has 2 aliphatic rings. The Labute approximate surface area is 107 Å². The second-order valence-electron chi connectivity index (χ2n) is 4.50. The van der Waals surface area contributed by atoms with E-state index in [1.807, 2.05) is 6.07 Å². The molecule has 0 saturated heterocycles. The molecule has 0 radical (unpaired) electrons. The first-order valence-electron chi connectivity index (χ1n) is 5.50. The van der Waals surface area contributed by atoms with E-state index in [1.165, 1.54) is 16.8 Å². The highest BCUT2D eigenvalue weighted by Crippen LogP contribution is 2.43. The van der Waals surface area contributed by atoms with Crippen molar-refractivity contribution in [3.8, 4) is 0 Å². The van der Waals surface area contributed by atoms with Gasteiger partial charge in [-0.1, -0.05) is 17.7 Å². The van der Waals surface area contributed by atoms with Crippen LogP contribution in [-0.2, 0) is 6.42 Å². The number of hydrogen-bond acceptors (Lipinski definition) is 2. The monoisotopic (exact) mass is 258 g/mol. The molecule has 0 aromatic heterocycles. The third kappa shape index (κ3) is 1.69. The predicted octanol–water partition coefficient (Wildman–Crippen LogP) is 2.44. The largest absolute Gasteiger partial charge is 0.372 e. The van der Waals surface area contributed by atoms with E-state index in [2.05, 4.69) is 23.3 Å². The summed E-state index contributed by atoms with van der Waals surface area (Å²) >= 11 is 6.27. The van der Waals surface area contributed by atoms with Gasteiger partial charge in [0, 0.05) is 26.1 Å². The zero-order valence-corrected chi connectivity index (χ0v) is 10.9. The van der Waals surface area contributed by atoms with Crippen molar-refractivity contribution in [2.45, 2.75) is 12.3 Å². The van der Waals surface area contributed by atoms with Crippen LogP contribution in [0.5, 0.6) is 0 Å². The van der Waals surface area contributed by atoms with Crippen molar-refractivity contribution in [3.05, 3.63) is 28.3 Å². The van der Waals surface area contributed by atoms with Gasteiger partial charge in [0.25, 0.3) is 0 Å². The molecule has 4 heteroatoms. The van der Waals surface area contributed by atoms with E-state index in [0.717, 1.165) is 31.1 Å². The lowest BCUT2D eigenvalue weighted by molar-refractivity contribution is 0.625. The number of rotatable bonds is 0. The van der Waals surface area contributed by atoms with E-state index < -0.39 is 0 Å². The van der Waals surface area contributed by atoms with Crippen molar-refractivity contribution in [1.82, 2.24) is 5.32 Å². The Morgan fingerprint density at radius 3 is 3.06 bits per heavy atom. The Kier molecular flexibility index (Phi) is 3.34. The summed E-state index contributed by atoms with van der Waals surface area (Å²) in [5.74, 6) is 0.626. The minimum absolute atomic E-state index is 0. The SMILES string of the molecule is CN1C[C@H]2CNCCc3ccc(Cl)c1c32.Cl. The van der Waals surface area contributed by atoms with Crippen LogP contribution in [0.1, 0.15) is 17.0 Å². The standard InChI is InChI=1S/C12H15ClN2.ClH/c1-15-7-9-6-14-5-4-8-2-3-10(13)12(15)11(8)9;/h2-3,9,14H,4-7H2,1H3;1H/t9-;/m1./s1. The summed E-state index contributed by atoms with van der Waals surface area (Å²) in [5, 5.41) is 4.40. The Morgan fingerprint density at radius 2 is 2.25 bits per heavy atom. The van der Waals surface area contributed by atoms with E-state index in [-0.39, 0.29) is 12.4 Å². The molecule has 1 aromatic rings. The van der Waals surface area contributed by atoms with Crippen molar-refractivity contribution in [2.24, 2.45) is 0 Å². The second kappa shape index (κ2) is 4.44. The van der Waals surface area contributed by atoms with Gasteiger partial charge in [0.05, 0.1) is 10.7 Å². The van der Waals surface area contributed by atoms with Crippen LogP contribution in [0, 0.1) is 0 Å². The zero-order chi connectivity index (χ0) is 10.4. The van der Waals surface area contributed by atoms with Gasteiger partial charge < -0.3 is 10.2 Å². The quantitative estimate of drug-likeness (QED) is 0.769. The maximum absolute atomic E-state index is 6.27. The molecule has 3 rings (SSSR count). The highest BCUT2D eigenvalue weighted by Gasteiger charge is 2.31. The minimum atomic E-state index is 0. The molecular formula is C12H16Cl2N2. The normalized spacial score (nSPS) is 22.4.